The normalized spacial score (nSPS) is 10.1. The van der Waals surface area contributed by atoms with Gasteiger partial charge in [-0.3, -0.25) is 15.4 Å². The van der Waals surface area contributed by atoms with Gasteiger partial charge in [-0.2, -0.15) is 0 Å². The SMILES string of the molecule is N=C(N)c1ncccc1COc1cncc(Cl)c1. The molecule has 6 heteroatoms. The molecule has 92 valence electrons. The van der Waals surface area contributed by atoms with E-state index in [1.807, 2.05) is 6.07 Å². The number of ether oxygens (including phenoxy) is 1. The van der Waals surface area contributed by atoms with Crippen LogP contribution in [0.2, 0.25) is 5.02 Å². The van der Waals surface area contributed by atoms with Crippen LogP contribution in [0.1, 0.15) is 11.3 Å². The lowest BCUT2D eigenvalue weighted by Gasteiger charge is -2.09. The average Bonchev–Trinajstić information content (AvgIpc) is 2.37. The Morgan fingerprint density at radius 2 is 2.28 bits per heavy atom. The van der Waals surface area contributed by atoms with Crippen LogP contribution < -0.4 is 10.5 Å². The molecule has 2 aromatic rings. The summed E-state index contributed by atoms with van der Waals surface area (Å²) in [6, 6.07) is 5.24. The van der Waals surface area contributed by atoms with Crippen LogP contribution in [0, 0.1) is 5.41 Å². The third-order valence-electron chi connectivity index (χ3n) is 2.22. The fourth-order valence-electron chi connectivity index (χ4n) is 1.43. The van der Waals surface area contributed by atoms with Gasteiger partial charge in [0.1, 0.15) is 23.9 Å². The summed E-state index contributed by atoms with van der Waals surface area (Å²) in [4.78, 5) is 7.95. The van der Waals surface area contributed by atoms with Crippen LogP contribution in [0.25, 0.3) is 0 Å². The lowest BCUT2D eigenvalue weighted by Crippen LogP contribution is -2.16. The van der Waals surface area contributed by atoms with E-state index in [9.17, 15) is 0 Å². The molecule has 2 rings (SSSR count). The molecule has 0 aromatic carbocycles. The Bertz CT molecular complexity index is 574. The Hall–Kier alpha value is -2.14. The number of nitrogens with one attached hydrogen (secondary N) is 1. The number of halogens is 1. The molecule has 0 saturated heterocycles. The van der Waals surface area contributed by atoms with Crippen LogP contribution in [0.5, 0.6) is 5.75 Å². The largest absolute Gasteiger partial charge is 0.487 e. The predicted molar refractivity (Wildman–Crippen MR) is 68.8 cm³/mol. The van der Waals surface area contributed by atoms with E-state index < -0.39 is 0 Å². The van der Waals surface area contributed by atoms with Gasteiger partial charge in [0, 0.05) is 24.0 Å². The minimum atomic E-state index is -0.0848. The zero-order valence-electron chi connectivity index (χ0n) is 9.43. The molecule has 0 radical (unpaired) electrons. The van der Waals surface area contributed by atoms with Crippen molar-refractivity contribution in [2.45, 2.75) is 6.61 Å². The molecule has 0 bridgehead atoms. The molecular weight excluding hydrogens is 252 g/mol. The van der Waals surface area contributed by atoms with Gasteiger partial charge >= 0.3 is 0 Å². The first kappa shape index (κ1) is 12.3. The van der Waals surface area contributed by atoms with Crippen LogP contribution in [-0.2, 0) is 6.61 Å². The zero-order chi connectivity index (χ0) is 13.0. The molecule has 0 saturated carbocycles. The summed E-state index contributed by atoms with van der Waals surface area (Å²) in [5.74, 6) is 0.472. The van der Waals surface area contributed by atoms with Crippen molar-refractivity contribution in [2.75, 3.05) is 0 Å². The maximum absolute atomic E-state index is 7.42. The highest BCUT2D eigenvalue weighted by atomic mass is 35.5. The molecule has 2 aromatic heterocycles. The van der Waals surface area contributed by atoms with E-state index in [2.05, 4.69) is 9.97 Å². The van der Waals surface area contributed by atoms with Crippen molar-refractivity contribution in [1.29, 1.82) is 5.41 Å². The van der Waals surface area contributed by atoms with E-state index in [4.69, 9.17) is 27.5 Å². The lowest BCUT2D eigenvalue weighted by atomic mass is 10.2. The topological polar surface area (TPSA) is 84.9 Å². The maximum atomic E-state index is 7.42. The van der Waals surface area contributed by atoms with Crippen molar-refractivity contribution in [1.82, 2.24) is 9.97 Å². The first-order valence-corrected chi connectivity index (χ1v) is 5.56. The molecule has 0 aliphatic rings. The number of nitrogens with two attached hydrogens (primary N) is 1. The minimum Gasteiger partial charge on any atom is -0.487 e. The first-order valence-electron chi connectivity index (χ1n) is 5.18. The molecule has 0 unspecified atom stereocenters. The van der Waals surface area contributed by atoms with Crippen molar-refractivity contribution >= 4 is 17.4 Å². The van der Waals surface area contributed by atoms with Crippen LogP contribution in [0.4, 0.5) is 0 Å². The Labute approximate surface area is 109 Å². The summed E-state index contributed by atoms with van der Waals surface area (Å²) >= 11 is 5.80. The number of amidine groups is 1. The molecule has 0 spiro atoms. The third-order valence-corrected chi connectivity index (χ3v) is 2.43. The van der Waals surface area contributed by atoms with Gasteiger partial charge in [0.2, 0.25) is 0 Å². The maximum Gasteiger partial charge on any atom is 0.142 e. The number of nitrogens with zero attached hydrogens (tertiary/aromatic N) is 2. The van der Waals surface area contributed by atoms with Crippen LogP contribution in [-0.4, -0.2) is 15.8 Å². The lowest BCUT2D eigenvalue weighted by molar-refractivity contribution is 0.304. The van der Waals surface area contributed by atoms with Crippen molar-refractivity contribution in [3.8, 4) is 5.75 Å². The fourth-order valence-corrected chi connectivity index (χ4v) is 1.59. The highest BCUT2D eigenvalue weighted by Gasteiger charge is 2.07. The van der Waals surface area contributed by atoms with Crippen molar-refractivity contribution < 1.29 is 4.74 Å². The van der Waals surface area contributed by atoms with Crippen LogP contribution >= 0.6 is 11.6 Å². The highest BCUT2D eigenvalue weighted by molar-refractivity contribution is 6.30. The quantitative estimate of drug-likeness (QED) is 0.652. The van der Waals surface area contributed by atoms with E-state index in [0.717, 1.165) is 5.56 Å². The summed E-state index contributed by atoms with van der Waals surface area (Å²) in [6.07, 6.45) is 4.68. The third kappa shape index (κ3) is 2.95. The molecule has 2 heterocycles. The van der Waals surface area contributed by atoms with Gasteiger partial charge in [0.25, 0.3) is 0 Å². The molecular formula is C12H11ClN4O. The second-order valence-electron chi connectivity index (χ2n) is 3.55. The predicted octanol–water partition coefficient (Wildman–Crippen LogP) is 1.99. The number of hydrogen-bond acceptors (Lipinski definition) is 4. The van der Waals surface area contributed by atoms with Gasteiger partial charge in [-0.25, -0.2) is 0 Å². The van der Waals surface area contributed by atoms with Crippen LogP contribution in [0.3, 0.4) is 0 Å². The number of aromatic nitrogens is 2. The van der Waals surface area contributed by atoms with Crippen molar-refractivity contribution in [2.24, 2.45) is 5.73 Å². The number of rotatable bonds is 4. The summed E-state index contributed by atoms with van der Waals surface area (Å²) < 4.78 is 5.52. The van der Waals surface area contributed by atoms with E-state index >= 15 is 0 Å². The monoisotopic (exact) mass is 262 g/mol. The number of nitrogen functional groups attached to an aromatic ring is 1. The molecule has 0 atom stereocenters. The molecule has 0 aliphatic heterocycles. The summed E-state index contributed by atoms with van der Waals surface area (Å²) in [5, 5.41) is 7.92. The first-order chi connectivity index (χ1) is 8.66. The Balaban J connectivity index is 2.13. The van der Waals surface area contributed by atoms with Crippen molar-refractivity contribution in [3.63, 3.8) is 0 Å². The van der Waals surface area contributed by atoms with Gasteiger partial charge in [-0.1, -0.05) is 17.7 Å². The van der Waals surface area contributed by atoms with Crippen molar-refractivity contribution in [3.05, 3.63) is 53.1 Å². The average molecular weight is 263 g/mol. The Morgan fingerprint density at radius 1 is 1.44 bits per heavy atom. The second kappa shape index (κ2) is 5.46. The highest BCUT2D eigenvalue weighted by Crippen LogP contribution is 2.17. The smallest absolute Gasteiger partial charge is 0.142 e. The standard InChI is InChI=1S/C12H11ClN4O/c13-9-4-10(6-16-5-9)18-7-8-2-1-3-17-11(8)12(14)15/h1-6H,7H2,(H3,14,15). The second-order valence-corrected chi connectivity index (χ2v) is 3.99. The molecule has 3 N–H and O–H groups in total. The molecule has 0 fully saturated rings. The van der Waals surface area contributed by atoms with Crippen LogP contribution in [0.15, 0.2) is 36.8 Å². The van der Waals surface area contributed by atoms with E-state index in [1.54, 1.807) is 24.5 Å². The zero-order valence-corrected chi connectivity index (χ0v) is 10.2. The molecule has 5 nitrogen and oxygen atoms in total. The van der Waals surface area contributed by atoms with E-state index in [1.165, 1.54) is 6.20 Å². The van der Waals surface area contributed by atoms with Gasteiger partial charge in [-0.05, 0) is 6.07 Å². The summed E-state index contributed by atoms with van der Waals surface area (Å²) in [6.45, 7) is 0.255. The molecule has 0 aliphatic carbocycles. The summed E-state index contributed by atoms with van der Waals surface area (Å²) in [7, 11) is 0. The van der Waals surface area contributed by atoms with Gasteiger partial charge < -0.3 is 10.5 Å². The minimum absolute atomic E-state index is 0.0848. The van der Waals surface area contributed by atoms with Gasteiger partial charge in [0.05, 0.1) is 11.2 Å². The van der Waals surface area contributed by atoms with E-state index in [-0.39, 0.29) is 12.4 Å². The fraction of sp³-hybridized carbons (Fsp3) is 0.0833. The van der Waals surface area contributed by atoms with E-state index in [0.29, 0.717) is 16.5 Å². The molecule has 18 heavy (non-hydrogen) atoms. The molecule has 0 amide bonds. The van der Waals surface area contributed by atoms with Gasteiger partial charge in [-0.15, -0.1) is 0 Å². The Morgan fingerprint density at radius 3 is 3.00 bits per heavy atom. The number of hydrogen-bond donors (Lipinski definition) is 2. The summed E-state index contributed by atoms with van der Waals surface area (Å²) in [5.41, 5.74) is 6.60. The van der Waals surface area contributed by atoms with Gasteiger partial charge in [0.15, 0.2) is 0 Å². The Kier molecular flexibility index (Phi) is 3.74. The number of pyridine rings is 2.